The van der Waals surface area contributed by atoms with Crippen molar-refractivity contribution in [2.75, 3.05) is 50.8 Å². The zero-order valence-electron chi connectivity index (χ0n) is 24.3. The molecule has 1 saturated carbocycles. The molecule has 0 bridgehead atoms. The van der Waals surface area contributed by atoms with E-state index in [0.29, 0.717) is 44.8 Å². The van der Waals surface area contributed by atoms with Gasteiger partial charge in [-0.1, -0.05) is 40.0 Å². The van der Waals surface area contributed by atoms with E-state index < -0.39 is 12.0 Å². The Morgan fingerprint density at radius 1 is 0.950 bits per heavy atom. The average Bonchev–Trinajstić information content (AvgIpc) is 3.21. The summed E-state index contributed by atoms with van der Waals surface area (Å²) in [7, 11) is 0. The number of benzene rings is 1. The normalized spacial score (nSPS) is 23.1. The van der Waals surface area contributed by atoms with Crippen molar-refractivity contribution in [1.29, 1.82) is 0 Å². The molecule has 4 rings (SSSR count). The van der Waals surface area contributed by atoms with E-state index in [1.807, 2.05) is 26.0 Å². The van der Waals surface area contributed by atoms with Crippen LogP contribution in [0.3, 0.4) is 0 Å². The first kappa shape index (κ1) is 30.1. The minimum absolute atomic E-state index is 0.0366. The number of carbonyl (C=O) groups excluding carboxylic acids is 4. The molecule has 9 heteroatoms. The number of ketones is 2. The number of Topliss-reactive ketones (excluding diaryl/α,β-unsaturated/α-hetero) is 2. The summed E-state index contributed by atoms with van der Waals surface area (Å²) in [4.78, 5) is 60.8. The van der Waals surface area contributed by atoms with Gasteiger partial charge in [-0.15, -0.1) is 0 Å². The Labute approximate surface area is 237 Å². The first-order valence-corrected chi connectivity index (χ1v) is 14.8. The second-order valence-corrected chi connectivity index (χ2v) is 12.1. The van der Waals surface area contributed by atoms with Gasteiger partial charge in [-0.05, 0) is 36.1 Å². The molecule has 0 spiro atoms. The van der Waals surface area contributed by atoms with E-state index in [1.54, 1.807) is 18.3 Å². The lowest BCUT2D eigenvalue weighted by molar-refractivity contribution is -0.136. The average molecular weight is 553 g/mol. The molecule has 0 aromatic heterocycles. The third-order valence-electron chi connectivity index (χ3n) is 8.13. The third-order valence-corrected chi connectivity index (χ3v) is 8.13. The molecule has 1 aromatic carbocycles. The van der Waals surface area contributed by atoms with E-state index in [4.69, 9.17) is 4.74 Å². The van der Waals surface area contributed by atoms with Crippen LogP contribution in [0.15, 0.2) is 29.3 Å². The van der Waals surface area contributed by atoms with Crippen LogP contribution in [0.4, 0.5) is 5.69 Å². The summed E-state index contributed by atoms with van der Waals surface area (Å²) in [5.41, 5.74) is 0.332. The Balaban J connectivity index is 1.21. The fourth-order valence-electron chi connectivity index (χ4n) is 5.83. The predicted octanol–water partition coefficient (Wildman–Crippen LogP) is 3.54. The molecule has 3 aliphatic rings. The fraction of sp³-hybridized carbons (Fsp3) is 0.645. The maximum absolute atomic E-state index is 13.3. The van der Waals surface area contributed by atoms with Crippen molar-refractivity contribution >= 4 is 35.3 Å². The maximum atomic E-state index is 13.3. The summed E-state index contributed by atoms with van der Waals surface area (Å²) in [5, 5.41) is 0. The van der Waals surface area contributed by atoms with Crippen LogP contribution < -0.4 is 9.64 Å². The predicted molar refractivity (Wildman–Crippen MR) is 155 cm³/mol. The molecule has 2 heterocycles. The SMILES string of the molecule is CCCCCCOc1ccc(N2C(=O)CC(N3CCN(CCN=CC4C(=O)CC(C)(C)CC4=O)CC3)C2=O)cc1. The molecule has 2 aliphatic heterocycles. The van der Waals surface area contributed by atoms with Crippen LogP contribution in [0.1, 0.15) is 65.7 Å². The number of hydrogen-bond acceptors (Lipinski definition) is 8. The molecular weight excluding hydrogens is 508 g/mol. The highest BCUT2D eigenvalue weighted by molar-refractivity contribution is 6.22. The molecule has 0 radical (unpaired) electrons. The number of unbranched alkanes of at least 4 members (excludes halogenated alkanes) is 3. The van der Waals surface area contributed by atoms with E-state index in [2.05, 4.69) is 21.7 Å². The van der Waals surface area contributed by atoms with Crippen LogP contribution in [0.5, 0.6) is 5.75 Å². The van der Waals surface area contributed by atoms with Gasteiger partial charge in [-0.25, -0.2) is 4.90 Å². The highest BCUT2D eigenvalue weighted by Crippen LogP contribution is 2.33. The Kier molecular flexibility index (Phi) is 10.2. The standard InChI is InChI=1S/C31H44N4O5/c1-4-5-6-7-18-40-24-10-8-23(9-11-24)35-29(38)19-26(30(35)39)34-16-14-33(15-17-34)13-12-32-22-25-27(36)20-31(2,3)21-28(25)37/h8-11,22,25-26H,4-7,12-21H2,1-3H3. The minimum Gasteiger partial charge on any atom is -0.494 e. The molecule has 0 N–H and O–H groups in total. The van der Waals surface area contributed by atoms with Crippen LogP contribution in [-0.4, -0.2) is 91.3 Å². The van der Waals surface area contributed by atoms with Crippen molar-refractivity contribution in [3.63, 3.8) is 0 Å². The number of carbonyl (C=O) groups is 4. The first-order chi connectivity index (χ1) is 19.2. The van der Waals surface area contributed by atoms with Crippen molar-refractivity contribution in [2.45, 2.75) is 71.8 Å². The lowest BCUT2D eigenvalue weighted by Crippen LogP contribution is -2.52. The lowest BCUT2D eigenvalue weighted by atomic mass is 9.72. The lowest BCUT2D eigenvalue weighted by Gasteiger charge is -2.36. The topological polar surface area (TPSA) is 99.6 Å². The van der Waals surface area contributed by atoms with Crippen molar-refractivity contribution in [3.05, 3.63) is 24.3 Å². The van der Waals surface area contributed by atoms with E-state index in [1.165, 1.54) is 17.7 Å². The van der Waals surface area contributed by atoms with Crippen molar-refractivity contribution < 1.29 is 23.9 Å². The van der Waals surface area contributed by atoms with Crippen LogP contribution in [0, 0.1) is 11.3 Å². The molecule has 2 amide bonds. The number of piperazine rings is 1. The molecule has 1 unspecified atom stereocenters. The smallest absolute Gasteiger partial charge is 0.251 e. The number of anilines is 1. The van der Waals surface area contributed by atoms with Crippen LogP contribution in [0.25, 0.3) is 0 Å². The Bertz CT molecular complexity index is 1070. The molecule has 2 saturated heterocycles. The van der Waals surface area contributed by atoms with Gasteiger partial charge in [0.2, 0.25) is 5.91 Å². The summed E-state index contributed by atoms with van der Waals surface area (Å²) in [6, 6.07) is 6.78. The zero-order valence-corrected chi connectivity index (χ0v) is 24.3. The quantitative estimate of drug-likeness (QED) is 0.169. The monoisotopic (exact) mass is 552 g/mol. The fourth-order valence-corrected chi connectivity index (χ4v) is 5.83. The van der Waals surface area contributed by atoms with Gasteiger partial charge in [-0.3, -0.25) is 34.0 Å². The van der Waals surface area contributed by atoms with Crippen molar-refractivity contribution in [1.82, 2.24) is 9.80 Å². The van der Waals surface area contributed by atoms with Crippen LogP contribution in [0.2, 0.25) is 0 Å². The van der Waals surface area contributed by atoms with Crippen LogP contribution in [-0.2, 0) is 19.2 Å². The van der Waals surface area contributed by atoms with E-state index in [9.17, 15) is 19.2 Å². The summed E-state index contributed by atoms with van der Waals surface area (Å²) in [5.74, 6) is -0.359. The Morgan fingerprint density at radius 3 is 2.27 bits per heavy atom. The molecular formula is C31H44N4O5. The van der Waals surface area contributed by atoms with Gasteiger partial charge in [0.05, 0.1) is 31.3 Å². The number of imide groups is 1. The van der Waals surface area contributed by atoms with Gasteiger partial charge < -0.3 is 4.74 Å². The number of hydrogen-bond donors (Lipinski definition) is 0. The molecule has 1 atom stereocenters. The van der Waals surface area contributed by atoms with Gasteiger partial charge in [0, 0.05) is 51.8 Å². The third kappa shape index (κ3) is 7.63. The zero-order chi connectivity index (χ0) is 28.7. The number of nitrogens with zero attached hydrogens (tertiary/aromatic N) is 4. The first-order valence-electron chi connectivity index (χ1n) is 14.8. The van der Waals surface area contributed by atoms with Crippen molar-refractivity contribution in [3.8, 4) is 5.75 Å². The van der Waals surface area contributed by atoms with E-state index in [-0.39, 0.29) is 35.2 Å². The summed E-state index contributed by atoms with van der Waals surface area (Å²) < 4.78 is 5.79. The molecule has 40 heavy (non-hydrogen) atoms. The van der Waals surface area contributed by atoms with E-state index in [0.717, 1.165) is 38.2 Å². The Morgan fingerprint density at radius 2 is 1.62 bits per heavy atom. The number of amides is 2. The number of aliphatic imine (C=N–C) groups is 1. The second kappa shape index (κ2) is 13.6. The van der Waals surface area contributed by atoms with Gasteiger partial charge in [-0.2, -0.15) is 0 Å². The summed E-state index contributed by atoms with van der Waals surface area (Å²) in [6.07, 6.45) is 7.12. The summed E-state index contributed by atoms with van der Waals surface area (Å²) >= 11 is 0. The largest absolute Gasteiger partial charge is 0.494 e. The maximum Gasteiger partial charge on any atom is 0.251 e. The highest BCUT2D eigenvalue weighted by Gasteiger charge is 2.43. The number of rotatable bonds is 12. The van der Waals surface area contributed by atoms with Gasteiger partial charge in [0.15, 0.2) is 0 Å². The molecule has 1 aliphatic carbocycles. The van der Waals surface area contributed by atoms with Crippen LogP contribution >= 0.6 is 0 Å². The molecule has 9 nitrogen and oxygen atoms in total. The van der Waals surface area contributed by atoms with E-state index >= 15 is 0 Å². The molecule has 1 aromatic rings. The number of ether oxygens (including phenoxy) is 1. The van der Waals surface area contributed by atoms with Gasteiger partial charge in [0.25, 0.3) is 5.91 Å². The minimum atomic E-state index is -0.696. The highest BCUT2D eigenvalue weighted by atomic mass is 16.5. The van der Waals surface area contributed by atoms with Gasteiger partial charge in [0.1, 0.15) is 23.2 Å². The second-order valence-electron chi connectivity index (χ2n) is 12.1. The van der Waals surface area contributed by atoms with Crippen molar-refractivity contribution in [2.24, 2.45) is 16.3 Å². The van der Waals surface area contributed by atoms with Gasteiger partial charge >= 0.3 is 0 Å². The molecule has 3 fully saturated rings. The Hall–Kier alpha value is -2.91. The summed E-state index contributed by atoms with van der Waals surface area (Å²) in [6.45, 7) is 10.9. The molecule has 218 valence electrons.